The number of sulfone groups is 1. The molecule has 0 bridgehead atoms. The zero-order valence-corrected chi connectivity index (χ0v) is 15.7. The number of nitrogens with zero attached hydrogens (tertiary/aromatic N) is 1. The fraction of sp³-hybridized carbons (Fsp3) is 0.316. The number of hydrogen-bond donors (Lipinski definition) is 0. The summed E-state index contributed by atoms with van der Waals surface area (Å²) in [5.41, 5.74) is 1.38. The Morgan fingerprint density at radius 1 is 1.08 bits per heavy atom. The van der Waals surface area contributed by atoms with Gasteiger partial charge in [0, 0.05) is 13.5 Å². The maximum Gasteiger partial charge on any atom is 0.223 e. The van der Waals surface area contributed by atoms with Crippen LogP contribution in [0.25, 0.3) is 0 Å². The smallest absolute Gasteiger partial charge is 0.223 e. The maximum atomic E-state index is 13.4. The summed E-state index contributed by atoms with van der Waals surface area (Å²) in [4.78, 5) is 13.8. The average Bonchev–Trinajstić information content (AvgIpc) is 2.61. The lowest BCUT2D eigenvalue weighted by Gasteiger charge is -2.25. The summed E-state index contributed by atoms with van der Waals surface area (Å²) in [5, 5.41) is 0. The van der Waals surface area contributed by atoms with Crippen LogP contribution in [0.4, 0.5) is 8.78 Å². The lowest BCUT2D eigenvalue weighted by Crippen LogP contribution is -2.31. The van der Waals surface area contributed by atoms with Gasteiger partial charge in [0.15, 0.2) is 21.5 Å². The van der Waals surface area contributed by atoms with Gasteiger partial charge in [0.25, 0.3) is 0 Å². The first-order valence-electron chi connectivity index (χ1n) is 8.12. The SMILES string of the molecule is Cc1ccc(S(=O)(=O)CCC(=O)N(C)C(C)c2ccc(F)c(F)c2)cc1. The molecule has 0 heterocycles. The number of rotatable bonds is 6. The van der Waals surface area contributed by atoms with E-state index in [0.717, 1.165) is 17.7 Å². The molecule has 140 valence electrons. The number of hydrogen-bond acceptors (Lipinski definition) is 3. The highest BCUT2D eigenvalue weighted by Gasteiger charge is 2.22. The van der Waals surface area contributed by atoms with Crippen molar-refractivity contribution in [2.45, 2.75) is 31.2 Å². The van der Waals surface area contributed by atoms with E-state index in [1.54, 1.807) is 19.1 Å². The Morgan fingerprint density at radius 2 is 1.69 bits per heavy atom. The highest BCUT2D eigenvalue weighted by Crippen LogP contribution is 2.22. The second-order valence-corrected chi connectivity index (χ2v) is 8.35. The highest BCUT2D eigenvalue weighted by molar-refractivity contribution is 7.91. The van der Waals surface area contributed by atoms with Crippen molar-refractivity contribution >= 4 is 15.7 Å². The van der Waals surface area contributed by atoms with Crippen LogP contribution in [0.3, 0.4) is 0 Å². The van der Waals surface area contributed by atoms with Crippen molar-refractivity contribution in [2.75, 3.05) is 12.8 Å². The third-order valence-electron chi connectivity index (χ3n) is 4.37. The van der Waals surface area contributed by atoms with Crippen molar-refractivity contribution in [2.24, 2.45) is 0 Å². The standard InChI is InChI=1S/C19H21F2NO3S/c1-13-4-7-16(8-5-13)26(24,25)11-10-19(23)22(3)14(2)15-6-9-17(20)18(21)12-15/h4-9,12,14H,10-11H2,1-3H3. The van der Waals surface area contributed by atoms with E-state index in [4.69, 9.17) is 0 Å². The van der Waals surface area contributed by atoms with Gasteiger partial charge in [-0.25, -0.2) is 17.2 Å². The summed E-state index contributed by atoms with van der Waals surface area (Å²) in [5.74, 6) is -2.65. The second-order valence-electron chi connectivity index (χ2n) is 6.24. The topological polar surface area (TPSA) is 54.5 Å². The first-order chi connectivity index (χ1) is 12.1. The molecule has 1 unspecified atom stereocenters. The molecule has 0 aliphatic rings. The third-order valence-corrected chi connectivity index (χ3v) is 6.10. The molecule has 2 aromatic rings. The van der Waals surface area contributed by atoms with Crippen LogP contribution >= 0.6 is 0 Å². The van der Waals surface area contributed by atoms with E-state index in [-0.39, 0.29) is 17.1 Å². The number of benzene rings is 2. The van der Waals surface area contributed by atoms with Crippen LogP contribution in [0.2, 0.25) is 0 Å². The van der Waals surface area contributed by atoms with Crippen LogP contribution in [-0.4, -0.2) is 32.0 Å². The van der Waals surface area contributed by atoms with Gasteiger partial charge < -0.3 is 4.90 Å². The molecule has 0 aliphatic heterocycles. The monoisotopic (exact) mass is 381 g/mol. The summed E-state index contributed by atoms with van der Waals surface area (Å²) in [6.45, 7) is 3.52. The normalized spacial score (nSPS) is 12.7. The van der Waals surface area contributed by atoms with Crippen LogP contribution in [-0.2, 0) is 14.6 Å². The molecule has 2 rings (SSSR count). The molecule has 0 radical (unpaired) electrons. The highest BCUT2D eigenvalue weighted by atomic mass is 32.2. The number of amides is 1. The molecule has 26 heavy (non-hydrogen) atoms. The van der Waals surface area contributed by atoms with Crippen molar-refractivity contribution in [1.29, 1.82) is 0 Å². The number of carbonyl (C=O) groups excluding carboxylic acids is 1. The Labute approximate surface area is 152 Å². The molecular weight excluding hydrogens is 360 g/mol. The largest absolute Gasteiger partial charge is 0.339 e. The minimum Gasteiger partial charge on any atom is -0.339 e. The molecule has 0 N–H and O–H groups in total. The summed E-state index contributed by atoms with van der Waals surface area (Å²) in [6, 6.07) is 9.35. The quantitative estimate of drug-likeness (QED) is 0.767. The number of carbonyl (C=O) groups is 1. The first-order valence-corrected chi connectivity index (χ1v) is 9.77. The average molecular weight is 381 g/mol. The lowest BCUT2D eigenvalue weighted by atomic mass is 10.1. The van der Waals surface area contributed by atoms with Gasteiger partial charge in [-0.2, -0.15) is 0 Å². The van der Waals surface area contributed by atoms with Gasteiger partial charge in [-0.15, -0.1) is 0 Å². The van der Waals surface area contributed by atoms with E-state index in [9.17, 15) is 22.0 Å². The number of halogens is 2. The molecule has 1 atom stereocenters. The number of aryl methyl sites for hydroxylation is 1. The molecule has 4 nitrogen and oxygen atoms in total. The summed E-state index contributed by atoms with van der Waals surface area (Å²) in [6.07, 6.45) is -0.194. The molecule has 0 aromatic heterocycles. The van der Waals surface area contributed by atoms with Gasteiger partial charge >= 0.3 is 0 Å². The van der Waals surface area contributed by atoms with Crippen molar-refractivity contribution in [3.63, 3.8) is 0 Å². The third kappa shape index (κ3) is 4.66. The minimum atomic E-state index is -3.57. The molecule has 0 spiro atoms. The van der Waals surface area contributed by atoms with Gasteiger partial charge in [-0.3, -0.25) is 4.79 Å². The van der Waals surface area contributed by atoms with Gasteiger partial charge in [0.2, 0.25) is 5.91 Å². The van der Waals surface area contributed by atoms with E-state index in [0.29, 0.717) is 5.56 Å². The fourth-order valence-electron chi connectivity index (χ4n) is 2.47. The van der Waals surface area contributed by atoms with Gasteiger partial charge in [-0.1, -0.05) is 23.8 Å². The molecule has 0 saturated heterocycles. The first kappa shape index (κ1) is 20.0. The Balaban J connectivity index is 2.04. The minimum absolute atomic E-state index is 0.173. The Bertz CT molecular complexity index is 896. The van der Waals surface area contributed by atoms with E-state index < -0.39 is 33.4 Å². The molecule has 0 aliphatic carbocycles. The van der Waals surface area contributed by atoms with Crippen LogP contribution in [0.5, 0.6) is 0 Å². The van der Waals surface area contributed by atoms with Crippen LogP contribution in [0.1, 0.15) is 30.5 Å². The maximum absolute atomic E-state index is 13.4. The fourth-order valence-corrected chi connectivity index (χ4v) is 3.70. The zero-order chi connectivity index (χ0) is 19.5. The second kappa shape index (κ2) is 7.95. The van der Waals surface area contributed by atoms with Gasteiger partial charge in [-0.05, 0) is 43.7 Å². The van der Waals surface area contributed by atoms with Crippen LogP contribution in [0, 0.1) is 18.6 Å². The predicted molar refractivity (Wildman–Crippen MR) is 95.4 cm³/mol. The van der Waals surface area contributed by atoms with Gasteiger partial charge in [0.05, 0.1) is 16.7 Å². The molecule has 0 fully saturated rings. The Morgan fingerprint density at radius 3 is 2.27 bits per heavy atom. The molecule has 2 aromatic carbocycles. The van der Waals surface area contributed by atoms with Crippen molar-refractivity contribution < 1.29 is 22.0 Å². The molecular formula is C19H21F2NO3S. The molecule has 1 amide bonds. The van der Waals surface area contributed by atoms with E-state index >= 15 is 0 Å². The van der Waals surface area contributed by atoms with Crippen LogP contribution in [0.15, 0.2) is 47.4 Å². The summed E-state index contributed by atoms with van der Waals surface area (Å²) < 4.78 is 51.1. The van der Waals surface area contributed by atoms with E-state index in [2.05, 4.69) is 0 Å². The Hall–Kier alpha value is -2.28. The lowest BCUT2D eigenvalue weighted by molar-refractivity contribution is -0.131. The van der Waals surface area contributed by atoms with Crippen LogP contribution < -0.4 is 0 Å². The van der Waals surface area contributed by atoms with Crippen molar-refractivity contribution in [1.82, 2.24) is 4.90 Å². The predicted octanol–water partition coefficient (Wildman–Crippen LogP) is 3.66. The van der Waals surface area contributed by atoms with E-state index in [1.807, 2.05) is 6.92 Å². The van der Waals surface area contributed by atoms with Crippen molar-refractivity contribution in [3.8, 4) is 0 Å². The summed E-state index contributed by atoms with van der Waals surface area (Å²) >= 11 is 0. The van der Waals surface area contributed by atoms with Crippen molar-refractivity contribution in [3.05, 3.63) is 65.2 Å². The molecule has 7 heteroatoms. The summed E-state index contributed by atoms with van der Waals surface area (Å²) in [7, 11) is -2.06. The molecule has 0 saturated carbocycles. The Kier molecular flexibility index (Phi) is 6.13. The zero-order valence-electron chi connectivity index (χ0n) is 14.9. The van der Waals surface area contributed by atoms with E-state index in [1.165, 1.54) is 30.1 Å². The van der Waals surface area contributed by atoms with Gasteiger partial charge in [0.1, 0.15) is 0 Å².